The Morgan fingerprint density at radius 1 is 1.21 bits per heavy atom. The van der Waals surface area contributed by atoms with E-state index in [0.717, 1.165) is 68.0 Å². The second-order valence-corrected chi connectivity index (χ2v) is 11.6. The lowest BCUT2D eigenvalue weighted by Gasteiger charge is -2.32. The van der Waals surface area contributed by atoms with E-state index in [-0.39, 0.29) is 6.54 Å². The van der Waals surface area contributed by atoms with E-state index in [1.165, 1.54) is 18.4 Å². The molecule has 6 rings (SSSR count). The average Bonchev–Trinajstić information content (AvgIpc) is 3.53. The van der Waals surface area contributed by atoms with Gasteiger partial charge in [0.1, 0.15) is 0 Å². The van der Waals surface area contributed by atoms with Crippen molar-refractivity contribution in [1.29, 1.82) is 5.26 Å². The molecule has 1 aliphatic rings. The van der Waals surface area contributed by atoms with Gasteiger partial charge in [0.25, 0.3) is 5.56 Å². The van der Waals surface area contributed by atoms with Crippen molar-refractivity contribution in [2.75, 3.05) is 13.1 Å². The molecule has 198 valence electrons. The van der Waals surface area contributed by atoms with Crippen LogP contribution in [0.4, 0.5) is 4.39 Å². The van der Waals surface area contributed by atoms with E-state index in [4.69, 9.17) is 11.6 Å². The molecule has 1 saturated heterocycles. The third-order valence-corrected chi connectivity index (χ3v) is 8.81. The number of nitrogens with one attached hydrogen (secondary N) is 1. The van der Waals surface area contributed by atoms with Crippen LogP contribution >= 0.6 is 22.9 Å². The average molecular weight is 563 g/mol. The van der Waals surface area contributed by atoms with Crippen molar-refractivity contribution in [2.24, 2.45) is 12.5 Å². The number of benzene rings is 1. The van der Waals surface area contributed by atoms with Gasteiger partial charge in [-0.2, -0.15) is 9.65 Å². The van der Waals surface area contributed by atoms with Gasteiger partial charge in [0.05, 0.1) is 33.8 Å². The molecule has 0 saturated carbocycles. The molecule has 11 heteroatoms. The molecule has 5 aromatic rings. The van der Waals surface area contributed by atoms with E-state index < -0.39 is 22.5 Å². The Hall–Kier alpha value is -3.78. The van der Waals surface area contributed by atoms with Crippen LogP contribution in [0.1, 0.15) is 17.7 Å². The fourth-order valence-corrected chi connectivity index (χ4v) is 6.80. The lowest BCUT2D eigenvalue weighted by molar-refractivity contribution is 0.247. The van der Waals surface area contributed by atoms with Gasteiger partial charge in [-0.05, 0) is 56.3 Å². The molecule has 0 amide bonds. The number of nitrogens with zero attached hydrogens (tertiary/aromatic N) is 5. The first-order valence-electron chi connectivity index (χ1n) is 12.5. The predicted molar refractivity (Wildman–Crippen MR) is 151 cm³/mol. The fraction of sp³-hybridized carbons (Fsp3) is 0.286. The topological polar surface area (TPSA) is 97.6 Å². The summed E-state index contributed by atoms with van der Waals surface area (Å²) in [4.78, 5) is 30.1. The van der Waals surface area contributed by atoms with Crippen LogP contribution in [-0.2, 0) is 20.1 Å². The number of hydrogen-bond donors (Lipinski definition) is 1. The summed E-state index contributed by atoms with van der Waals surface area (Å²) in [6.07, 6.45) is 6.17. The molecular formula is C28H24ClFN6O2S. The summed E-state index contributed by atoms with van der Waals surface area (Å²) < 4.78 is 19.0. The smallest absolute Gasteiger partial charge is 0.331 e. The highest BCUT2D eigenvalue weighted by Crippen LogP contribution is 2.40. The van der Waals surface area contributed by atoms with Crippen molar-refractivity contribution < 1.29 is 4.39 Å². The molecule has 8 nitrogen and oxygen atoms in total. The van der Waals surface area contributed by atoms with Gasteiger partial charge in [0.2, 0.25) is 5.82 Å². The SMILES string of the molecule is Cn1cc(F)c(=O)n(Cc2cc3nccc(-c4cc(Cl)cc5ccn(CC6(C#N)CCNCC6)c45)c3s2)c1=O. The number of rotatable bonds is 5. The third-order valence-electron chi connectivity index (χ3n) is 7.45. The predicted octanol–water partition coefficient (Wildman–Crippen LogP) is 4.51. The Kier molecular flexibility index (Phi) is 6.38. The molecule has 4 aromatic heterocycles. The molecule has 0 radical (unpaired) electrons. The normalized spacial score (nSPS) is 15.1. The van der Waals surface area contributed by atoms with Gasteiger partial charge in [-0.25, -0.2) is 4.79 Å². The Balaban J connectivity index is 1.48. The quantitative estimate of drug-likeness (QED) is 0.340. The first kappa shape index (κ1) is 25.5. The van der Waals surface area contributed by atoms with Crippen LogP contribution in [0.15, 0.2) is 58.5 Å². The van der Waals surface area contributed by atoms with Gasteiger partial charge < -0.3 is 14.5 Å². The highest BCUT2D eigenvalue weighted by atomic mass is 35.5. The largest absolute Gasteiger partial charge is 0.345 e. The van der Waals surface area contributed by atoms with Crippen molar-refractivity contribution in [3.8, 4) is 17.2 Å². The molecule has 0 bridgehead atoms. The number of thiophene rings is 1. The van der Waals surface area contributed by atoms with Crippen molar-refractivity contribution in [3.63, 3.8) is 0 Å². The highest BCUT2D eigenvalue weighted by molar-refractivity contribution is 7.19. The minimum absolute atomic E-state index is 0.0657. The zero-order valence-electron chi connectivity index (χ0n) is 21.1. The van der Waals surface area contributed by atoms with Crippen molar-refractivity contribution in [2.45, 2.75) is 25.9 Å². The van der Waals surface area contributed by atoms with Crippen molar-refractivity contribution >= 4 is 44.1 Å². The first-order valence-corrected chi connectivity index (χ1v) is 13.7. The molecule has 0 spiro atoms. The van der Waals surface area contributed by atoms with Crippen LogP contribution in [0.25, 0.3) is 32.2 Å². The van der Waals surface area contributed by atoms with Crippen LogP contribution in [0, 0.1) is 22.6 Å². The van der Waals surface area contributed by atoms with Crippen LogP contribution in [0.2, 0.25) is 5.02 Å². The van der Waals surface area contributed by atoms with E-state index in [2.05, 4.69) is 20.9 Å². The summed E-state index contributed by atoms with van der Waals surface area (Å²) in [5, 5.41) is 15.0. The highest BCUT2D eigenvalue weighted by Gasteiger charge is 2.33. The summed E-state index contributed by atoms with van der Waals surface area (Å²) in [5.41, 5.74) is 1.48. The van der Waals surface area contributed by atoms with Gasteiger partial charge in [0, 0.05) is 58.6 Å². The lowest BCUT2D eigenvalue weighted by Crippen LogP contribution is -2.40. The lowest BCUT2D eigenvalue weighted by atomic mass is 9.80. The van der Waals surface area contributed by atoms with E-state index in [1.54, 1.807) is 6.20 Å². The number of aryl methyl sites for hydroxylation is 1. The number of piperidine rings is 1. The molecule has 39 heavy (non-hydrogen) atoms. The van der Waals surface area contributed by atoms with E-state index in [1.807, 2.05) is 36.5 Å². The summed E-state index contributed by atoms with van der Waals surface area (Å²) >= 11 is 7.96. The van der Waals surface area contributed by atoms with Gasteiger partial charge in [-0.15, -0.1) is 11.3 Å². The number of pyridine rings is 1. The minimum atomic E-state index is -0.983. The van der Waals surface area contributed by atoms with Crippen LogP contribution in [0.3, 0.4) is 0 Å². The maximum Gasteiger partial charge on any atom is 0.331 e. The molecule has 1 N–H and O–H groups in total. The maximum atomic E-state index is 14.1. The zero-order chi connectivity index (χ0) is 27.3. The number of nitriles is 1. The molecule has 1 aliphatic heterocycles. The minimum Gasteiger partial charge on any atom is -0.345 e. The van der Waals surface area contributed by atoms with Crippen molar-refractivity contribution in [3.05, 3.63) is 85.5 Å². The Labute approximate surface area is 231 Å². The Morgan fingerprint density at radius 3 is 2.77 bits per heavy atom. The van der Waals surface area contributed by atoms with Crippen molar-refractivity contribution in [1.82, 2.24) is 24.0 Å². The molecular weight excluding hydrogens is 539 g/mol. The number of fused-ring (bicyclic) bond motifs is 2. The van der Waals surface area contributed by atoms with E-state index in [0.29, 0.717) is 22.0 Å². The first-order chi connectivity index (χ1) is 18.8. The van der Waals surface area contributed by atoms with Crippen LogP contribution < -0.4 is 16.6 Å². The zero-order valence-corrected chi connectivity index (χ0v) is 22.7. The third kappa shape index (κ3) is 4.46. The molecule has 0 atom stereocenters. The summed E-state index contributed by atoms with van der Waals surface area (Å²) in [6, 6.07) is 12.2. The number of hydrogen-bond acceptors (Lipinski definition) is 6. The summed E-state index contributed by atoms with van der Waals surface area (Å²) in [5.74, 6) is -0.983. The Bertz CT molecular complexity index is 1870. The second kappa shape index (κ2) is 9.75. The molecule has 1 fully saturated rings. The monoisotopic (exact) mass is 562 g/mol. The standard InChI is InChI=1S/C28H24ClFN6O2S/c1-34-14-22(30)26(37)36(27(34)38)13-19-12-23-25(39-19)20(2-6-33-23)21-11-18(29)10-17-3-9-35(24(17)21)16-28(15-31)4-7-32-8-5-28/h2-3,6,9-12,14,32H,4-5,7-8,13,16H2,1H3. The fourth-order valence-electron chi connectivity index (χ4n) is 5.45. The maximum absolute atomic E-state index is 14.1. The Morgan fingerprint density at radius 2 is 2.00 bits per heavy atom. The van der Waals surface area contributed by atoms with Crippen LogP contribution in [0.5, 0.6) is 0 Å². The summed E-state index contributed by atoms with van der Waals surface area (Å²) in [7, 11) is 1.41. The van der Waals surface area contributed by atoms with Gasteiger partial charge >= 0.3 is 5.69 Å². The van der Waals surface area contributed by atoms with Gasteiger partial charge in [0.15, 0.2) is 0 Å². The number of aromatic nitrogens is 4. The molecule has 1 aromatic carbocycles. The van der Waals surface area contributed by atoms with Gasteiger partial charge in [-0.3, -0.25) is 14.3 Å². The second-order valence-electron chi connectivity index (χ2n) is 10.0. The van der Waals surface area contributed by atoms with Gasteiger partial charge in [-0.1, -0.05) is 11.6 Å². The number of halogens is 2. The molecule has 5 heterocycles. The summed E-state index contributed by atoms with van der Waals surface area (Å²) in [6.45, 7) is 2.13. The molecule has 0 aliphatic carbocycles. The van der Waals surface area contributed by atoms with E-state index >= 15 is 0 Å². The van der Waals surface area contributed by atoms with Crippen LogP contribution in [-0.4, -0.2) is 31.8 Å². The molecule has 0 unspecified atom stereocenters. The van der Waals surface area contributed by atoms with E-state index in [9.17, 15) is 19.2 Å².